The van der Waals surface area contributed by atoms with E-state index in [0.29, 0.717) is 17.6 Å². The molecule has 0 amide bonds. The molecule has 4 unspecified atom stereocenters. The normalized spacial score (nSPS) is 49.5. The van der Waals surface area contributed by atoms with Gasteiger partial charge >= 0.3 is 5.97 Å². The molecule has 0 radical (unpaired) electrons. The van der Waals surface area contributed by atoms with Crippen molar-refractivity contribution in [1.82, 2.24) is 0 Å². The maximum atomic E-state index is 11.8. The highest BCUT2D eigenvalue weighted by atomic mass is 16.6. The lowest BCUT2D eigenvalue weighted by molar-refractivity contribution is -0.161. The van der Waals surface area contributed by atoms with Crippen LogP contribution in [0.15, 0.2) is 23.8 Å². The van der Waals surface area contributed by atoms with Gasteiger partial charge in [0.25, 0.3) is 0 Å². The van der Waals surface area contributed by atoms with Crippen LogP contribution >= 0.6 is 0 Å². The molecule has 0 bridgehead atoms. The SMILES string of the molecule is C[C@]12CCC3C4CCC(=O)C=C4CCC3C1CC[C@@]21C=CC(=O)O1. The molecule has 3 nitrogen and oxygen atoms in total. The molecule has 5 aliphatic rings. The van der Waals surface area contributed by atoms with Crippen LogP contribution in [-0.2, 0) is 14.3 Å². The molecule has 3 saturated carbocycles. The summed E-state index contributed by atoms with van der Waals surface area (Å²) in [5, 5.41) is 0. The molecule has 0 aromatic carbocycles. The Morgan fingerprint density at radius 3 is 2.71 bits per heavy atom. The van der Waals surface area contributed by atoms with Gasteiger partial charge < -0.3 is 4.74 Å². The summed E-state index contributed by atoms with van der Waals surface area (Å²) < 4.78 is 5.88. The van der Waals surface area contributed by atoms with E-state index in [1.54, 1.807) is 6.08 Å². The maximum absolute atomic E-state index is 11.8. The molecule has 1 spiro atoms. The number of hydrogen-bond acceptors (Lipinski definition) is 3. The van der Waals surface area contributed by atoms with E-state index in [0.717, 1.165) is 43.9 Å². The number of allylic oxidation sites excluding steroid dienone is 1. The van der Waals surface area contributed by atoms with E-state index in [-0.39, 0.29) is 17.0 Å². The highest BCUT2D eigenvalue weighted by Crippen LogP contribution is 2.66. The molecule has 1 heterocycles. The Kier molecular flexibility index (Phi) is 3.00. The van der Waals surface area contributed by atoms with Crippen LogP contribution in [0.5, 0.6) is 0 Å². The molecular formula is C21H26O3. The number of hydrogen-bond donors (Lipinski definition) is 0. The lowest BCUT2D eigenvalue weighted by Crippen LogP contribution is -2.52. The predicted octanol–water partition coefficient (Wildman–Crippen LogP) is 3.98. The molecule has 0 aromatic rings. The molecule has 0 saturated heterocycles. The third kappa shape index (κ3) is 1.79. The zero-order chi connectivity index (χ0) is 16.5. The van der Waals surface area contributed by atoms with E-state index in [1.165, 1.54) is 24.8 Å². The van der Waals surface area contributed by atoms with E-state index in [1.807, 2.05) is 6.08 Å². The average molecular weight is 326 g/mol. The molecule has 3 fully saturated rings. The first kappa shape index (κ1) is 14.9. The van der Waals surface area contributed by atoms with Crippen molar-refractivity contribution in [2.24, 2.45) is 29.1 Å². The van der Waals surface area contributed by atoms with Crippen LogP contribution in [-0.4, -0.2) is 17.4 Å². The topological polar surface area (TPSA) is 43.4 Å². The van der Waals surface area contributed by atoms with E-state index in [4.69, 9.17) is 4.74 Å². The molecule has 4 aliphatic carbocycles. The van der Waals surface area contributed by atoms with Crippen LogP contribution < -0.4 is 0 Å². The summed E-state index contributed by atoms with van der Waals surface area (Å²) in [4.78, 5) is 23.6. The van der Waals surface area contributed by atoms with Gasteiger partial charge in [-0.25, -0.2) is 4.79 Å². The van der Waals surface area contributed by atoms with Gasteiger partial charge in [-0.05, 0) is 80.8 Å². The number of ether oxygens (including phenoxy) is 1. The smallest absolute Gasteiger partial charge is 0.331 e. The summed E-state index contributed by atoms with van der Waals surface area (Å²) in [7, 11) is 0. The van der Waals surface area contributed by atoms with E-state index in [2.05, 4.69) is 13.0 Å². The minimum Gasteiger partial charge on any atom is -0.451 e. The number of esters is 1. The van der Waals surface area contributed by atoms with Gasteiger partial charge in [0.15, 0.2) is 5.78 Å². The fourth-order valence-corrected chi connectivity index (χ4v) is 7.11. The van der Waals surface area contributed by atoms with Crippen molar-refractivity contribution in [2.75, 3.05) is 0 Å². The number of ketones is 1. The van der Waals surface area contributed by atoms with Crippen molar-refractivity contribution in [3.8, 4) is 0 Å². The third-order valence-corrected chi connectivity index (χ3v) is 8.25. The van der Waals surface area contributed by atoms with E-state index < -0.39 is 0 Å². The van der Waals surface area contributed by atoms with Crippen molar-refractivity contribution < 1.29 is 14.3 Å². The fourth-order valence-electron chi connectivity index (χ4n) is 7.11. The number of fused-ring (bicyclic) bond motifs is 6. The fraction of sp³-hybridized carbons (Fsp3) is 0.714. The Bertz CT molecular complexity index is 675. The number of rotatable bonds is 0. The summed E-state index contributed by atoms with van der Waals surface area (Å²) in [6.45, 7) is 2.37. The Morgan fingerprint density at radius 2 is 1.92 bits per heavy atom. The van der Waals surface area contributed by atoms with Crippen LogP contribution in [0, 0.1) is 29.1 Å². The number of carbonyl (C=O) groups is 2. The van der Waals surface area contributed by atoms with Crippen molar-refractivity contribution >= 4 is 11.8 Å². The minimum atomic E-state index is -0.335. The molecule has 1 aliphatic heterocycles. The zero-order valence-electron chi connectivity index (χ0n) is 14.4. The first-order chi connectivity index (χ1) is 11.5. The van der Waals surface area contributed by atoms with E-state index >= 15 is 0 Å². The molecule has 0 N–H and O–H groups in total. The second-order valence-corrected chi connectivity index (χ2v) is 8.94. The van der Waals surface area contributed by atoms with Gasteiger partial charge in [0.1, 0.15) is 5.60 Å². The van der Waals surface area contributed by atoms with Gasteiger partial charge in [-0.2, -0.15) is 0 Å². The van der Waals surface area contributed by atoms with Crippen LogP contribution in [0.1, 0.15) is 58.3 Å². The molecule has 128 valence electrons. The highest BCUT2D eigenvalue weighted by Gasteiger charge is 2.64. The zero-order valence-corrected chi connectivity index (χ0v) is 14.4. The van der Waals surface area contributed by atoms with Gasteiger partial charge in [-0.15, -0.1) is 0 Å². The molecule has 24 heavy (non-hydrogen) atoms. The Balaban J connectivity index is 1.47. The van der Waals surface area contributed by atoms with Crippen LogP contribution in [0.3, 0.4) is 0 Å². The van der Waals surface area contributed by atoms with Crippen LogP contribution in [0.4, 0.5) is 0 Å². The first-order valence-corrected chi connectivity index (χ1v) is 9.68. The summed E-state index contributed by atoms with van der Waals surface area (Å²) in [5.74, 6) is 2.97. The summed E-state index contributed by atoms with van der Waals surface area (Å²) in [6, 6.07) is 0. The van der Waals surface area contributed by atoms with Gasteiger partial charge in [0.2, 0.25) is 0 Å². The highest BCUT2D eigenvalue weighted by molar-refractivity contribution is 5.91. The Morgan fingerprint density at radius 1 is 1.04 bits per heavy atom. The maximum Gasteiger partial charge on any atom is 0.331 e. The van der Waals surface area contributed by atoms with E-state index in [9.17, 15) is 9.59 Å². The quantitative estimate of drug-likeness (QED) is 0.632. The third-order valence-electron chi connectivity index (χ3n) is 8.25. The molecule has 6 atom stereocenters. The number of carbonyl (C=O) groups excluding carboxylic acids is 2. The Labute approximate surface area is 143 Å². The van der Waals surface area contributed by atoms with Crippen LogP contribution in [0.25, 0.3) is 0 Å². The standard InChI is InChI=1S/C21H26O3/c1-20-9-6-16-15-5-3-14(22)12-13(15)2-4-17(16)18(20)7-10-21(20)11-8-19(23)24-21/h8,11-12,15-18H,2-7,9-10H2,1H3/t15?,16?,17?,18?,20-,21+/m0/s1. The van der Waals surface area contributed by atoms with Crippen molar-refractivity contribution in [1.29, 1.82) is 0 Å². The van der Waals surface area contributed by atoms with Crippen molar-refractivity contribution in [3.05, 3.63) is 23.8 Å². The second kappa shape index (κ2) is 4.83. The van der Waals surface area contributed by atoms with Gasteiger partial charge in [0.05, 0.1) is 0 Å². The van der Waals surface area contributed by atoms with Gasteiger partial charge in [0, 0.05) is 17.9 Å². The molecule has 0 aromatic heterocycles. The van der Waals surface area contributed by atoms with Crippen molar-refractivity contribution in [2.45, 2.75) is 63.9 Å². The molecule has 3 heteroatoms. The first-order valence-electron chi connectivity index (χ1n) is 9.68. The minimum absolute atomic E-state index is 0.0997. The summed E-state index contributed by atoms with van der Waals surface area (Å²) in [6.07, 6.45) is 14.4. The Hall–Kier alpha value is -1.38. The van der Waals surface area contributed by atoms with Gasteiger partial charge in [-0.1, -0.05) is 12.5 Å². The summed E-state index contributed by atoms with van der Waals surface area (Å²) >= 11 is 0. The molecular weight excluding hydrogens is 300 g/mol. The second-order valence-electron chi connectivity index (χ2n) is 8.94. The van der Waals surface area contributed by atoms with Crippen molar-refractivity contribution in [3.63, 3.8) is 0 Å². The van der Waals surface area contributed by atoms with Gasteiger partial charge in [-0.3, -0.25) is 4.79 Å². The molecule has 5 rings (SSSR count). The predicted molar refractivity (Wildman–Crippen MR) is 90.1 cm³/mol. The summed E-state index contributed by atoms with van der Waals surface area (Å²) in [5.41, 5.74) is 1.21. The van der Waals surface area contributed by atoms with Crippen LogP contribution in [0.2, 0.25) is 0 Å². The lowest BCUT2D eigenvalue weighted by atomic mass is 9.50. The average Bonchev–Trinajstić information content (AvgIpc) is 3.08. The lowest BCUT2D eigenvalue weighted by Gasteiger charge is -2.55. The largest absolute Gasteiger partial charge is 0.451 e. The monoisotopic (exact) mass is 326 g/mol.